The second kappa shape index (κ2) is 10.7. The number of benzene rings is 1. The van der Waals surface area contributed by atoms with Crippen molar-refractivity contribution in [2.45, 2.75) is 72.8 Å². The zero-order valence-corrected chi connectivity index (χ0v) is 21.5. The largest absolute Gasteiger partial charge is 0.548 e. The fourth-order valence-electron chi connectivity index (χ4n) is 3.85. The SMILES string of the molecule is CCC(CC)(c1ccc(OCC(O)C(C)(C)C)c(C)c1)c1cc(C)c(C(=O)NCC(=O)[O-])s1. The summed E-state index contributed by atoms with van der Waals surface area (Å²) in [5.74, 6) is -0.971. The van der Waals surface area contributed by atoms with Gasteiger partial charge in [-0.05, 0) is 60.9 Å². The number of aryl methyl sites for hydroxylation is 2. The first-order valence-corrected chi connectivity index (χ1v) is 12.2. The van der Waals surface area contributed by atoms with Gasteiger partial charge in [0.1, 0.15) is 12.4 Å². The Hall–Kier alpha value is -2.38. The fraction of sp³-hybridized carbons (Fsp3) is 0.538. The second-order valence-electron chi connectivity index (χ2n) is 9.64. The van der Waals surface area contributed by atoms with E-state index < -0.39 is 24.5 Å². The minimum atomic E-state index is -1.32. The van der Waals surface area contributed by atoms with Crippen LogP contribution in [0, 0.1) is 19.3 Å². The van der Waals surface area contributed by atoms with Crippen LogP contribution >= 0.6 is 11.3 Å². The van der Waals surface area contributed by atoms with Gasteiger partial charge in [0.15, 0.2) is 0 Å². The van der Waals surface area contributed by atoms with E-state index in [4.69, 9.17) is 4.74 Å². The summed E-state index contributed by atoms with van der Waals surface area (Å²) in [6, 6.07) is 8.17. The van der Waals surface area contributed by atoms with Crippen molar-refractivity contribution >= 4 is 23.2 Å². The third-order valence-corrected chi connectivity index (χ3v) is 7.76. The Bertz CT molecular complexity index is 985. The maximum atomic E-state index is 12.5. The van der Waals surface area contributed by atoms with Crippen LogP contribution in [0.3, 0.4) is 0 Å². The number of carboxylic acid groups (broad SMARTS) is 1. The van der Waals surface area contributed by atoms with Crippen LogP contribution in [0.5, 0.6) is 5.75 Å². The number of hydrogen-bond acceptors (Lipinski definition) is 6. The molecular weight excluding hydrogens is 438 g/mol. The summed E-state index contributed by atoms with van der Waals surface area (Å²) >= 11 is 1.41. The monoisotopic (exact) mass is 474 g/mol. The fourth-order valence-corrected chi connectivity index (χ4v) is 5.30. The number of aliphatic hydroxyl groups excluding tert-OH is 1. The van der Waals surface area contributed by atoms with E-state index in [1.165, 1.54) is 11.3 Å². The first kappa shape index (κ1) is 26.9. The molecular formula is C26H36NO5S-. The third kappa shape index (κ3) is 6.15. The van der Waals surface area contributed by atoms with E-state index in [-0.39, 0.29) is 17.4 Å². The summed E-state index contributed by atoms with van der Waals surface area (Å²) < 4.78 is 5.91. The van der Waals surface area contributed by atoms with E-state index in [1.807, 2.05) is 46.8 Å². The lowest BCUT2D eigenvalue weighted by atomic mass is 9.74. The summed E-state index contributed by atoms with van der Waals surface area (Å²) in [7, 11) is 0. The average molecular weight is 475 g/mol. The highest BCUT2D eigenvalue weighted by Crippen LogP contribution is 2.44. The molecule has 1 unspecified atom stereocenters. The molecule has 6 nitrogen and oxygen atoms in total. The van der Waals surface area contributed by atoms with E-state index in [0.29, 0.717) is 4.88 Å². The number of rotatable bonds is 10. The van der Waals surface area contributed by atoms with Gasteiger partial charge in [-0.3, -0.25) is 4.79 Å². The maximum Gasteiger partial charge on any atom is 0.261 e. The van der Waals surface area contributed by atoms with Crippen molar-refractivity contribution in [3.05, 3.63) is 50.7 Å². The van der Waals surface area contributed by atoms with E-state index in [0.717, 1.165) is 40.2 Å². The smallest absolute Gasteiger partial charge is 0.261 e. The van der Waals surface area contributed by atoms with Crippen molar-refractivity contribution in [1.29, 1.82) is 0 Å². The normalized spacial score (nSPS) is 13.0. The van der Waals surface area contributed by atoms with Crippen LogP contribution in [0.1, 0.15) is 78.7 Å². The topological polar surface area (TPSA) is 98.7 Å². The Morgan fingerprint density at radius 3 is 2.27 bits per heavy atom. The molecule has 33 heavy (non-hydrogen) atoms. The van der Waals surface area contributed by atoms with Gasteiger partial charge >= 0.3 is 0 Å². The van der Waals surface area contributed by atoms with Gasteiger partial charge in [-0.25, -0.2) is 0 Å². The summed E-state index contributed by atoms with van der Waals surface area (Å²) in [4.78, 5) is 24.8. The predicted octanol–water partition coefficient (Wildman–Crippen LogP) is 3.74. The number of carbonyl (C=O) groups excluding carboxylic acids is 2. The van der Waals surface area contributed by atoms with Crippen molar-refractivity contribution in [3.63, 3.8) is 0 Å². The van der Waals surface area contributed by atoms with Crippen molar-refractivity contribution in [1.82, 2.24) is 5.32 Å². The molecule has 0 saturated carbocycles. The standard InChI is InChI=1S/C26H37NO5S/c1-8-26(9-2,21-13-17(4)23(33-21)24(31)27-14-22(29)30)18-10-11-19(16(3)12-18)32-15-20(28)25(5,6)7/h10-13,20,28H,8-9,14-15H2,1-7H3,(H,27,31)(H,29,30)/p-1. The number of carboxylic acids is 1. The Balaban J connectivity index is 2.36. The number of thiophene rings is 1. The summed E-state index contributed by atoms with van der Waals surface area (Å²) in [6.07, 6.45) is 1.11. The van der Waals surface area contributed by atoms with Gasteiger partial charge < -0.3 is 25.1 Å². The predicted molar refractivity (Wildman–Crippen MR) is 130 cm³/mol. The molecule has 0 spiro atoms. The van der Waals surface area contributed by atoms with E-state index in [1.54, 1.807) is 0 Å². The van der Waals surface area contributed by atoms with Crippen LogP contribution in [-0.4, -0.2) is 36.2 Å². The molecule has 2 aromatic rings. The van der Waals surface area contributed by atoms with Crippen LogP contribution in [0.4, 0.5) is 0 Å². The van der Waals surface area contributed by atoms with Crippen LogP contribution in [0.2, 0.25) is 0 Å². The highest BCUT2D eigenvalue weighted by atomic mass is 32.1. The van der Waals surface area contributed by atoms with Crippen molar-refractivity contribution < 1.29 is 24.5 Å². The van der Waals surface area contributed by atoms with Gasteiger partial charge in [-0.2, -0.15) is 0 Å². The molecule has 2 N–H and O–H groups in total. The van der Waals surface area contributed by atoms with Crippen molar-refractivity contribution in [2.24, 2.45) is 5.41 Å². The molecule has 7 heteroatoms. The highest BCUT2D eigenvalue weighted by molar-refractivity contribution is 7.14. The number of amides is 1. The van der Waals surface area contributed by atoms with Gasteiger partial charge in [-0.1, -0.05) is 46.8 Å². The average Bonchev–Trinajstić information content (AvgIpc) is 3.13. The lowest BCUT2D eigenvalue weighted by Crippen LogP contribution is -2.37. The molecule has 0 aliphatic carbocycles. The molecule has 0 fully saturated rings. The molecule has 0 aliphatic heterocycles. The first-order valence-electron chi connectivity index (χ1n) is 11.4. The van der Waals surface area contributed by atoms with Gasteiger partial charge in [0, 0.05) is 10.3 Å². The van der Waals surface area contributed by atoms with Crippen LogP contribution in [0.25, 0.3) is 0 Å². The number of aliphatic carboxylic acids is 1. The second-order valence-corrected chi connectivity index (χ2v) is 10.7. The summed E-state index contributed by atoms with van der Waals surface area (Å²) in [5.41, 5.74) is 2.41. The van der Waals surface area contributed by atoms with Gasteiger partial charge in [0.2, 0.25) is 0 Å². The van der Waals surface area contributed by atoms with Gasteiger partial charge in [0.25, 0.3) is 5.91 Å². The number of ether oxygens (including phenoxy) is 1. The third-order valence-electron chi connectivity index (χ3n) is 6.32. The molecule has 1 aromatic heterocycles. The summed E-state index contributed by atoms with van der Waals surface area (Å²) in [5, 5.41) is 23.4. The van der Waals surface area contributed by atoms with Crippen LogP contribution in [-0.2, 0) is 10.2 Å². The van der Waals surface area contributed by atoms with E-state index >= 15 is 0 Å². The van der Waals surface area contributed by atoms with Crippen molar-refractivity contribution in [3.8, 4) is 5.75 Å². The molecule has 1 amide bonds. The molecule has 1 heterocycles. The lowest BCUT2D eigenvalue weighted by Gasteiger charge is -2.32. The molecule has 0 radical (unpaired) electrons. The minimum absolute atomic E-state index is 0.227. The molecule has 1 aromatic carbocycles. The molecule has 1 atom stereocenters. The molecule has 182 valence electrons. The Morgan fingerprint density at radius 1 is 1.12 bits per heavy atom. The van der Waals surface area contributed by atoms with Gasteiger partial charge in [0.05, 0.1) is 23.5 Å². The number of nitrogens with one attached hydrogen (secondary N) is 1. The summed E-state index contributed by atoms with van der Waals surface area (Å²) in [6.45, 7) is 13.8. The van der Waals surface area contributed by atoms with Gasteiger partial charge in [-0.15, -0.1) is 11.3 Å². The number of aliphatic hydroxyl groups is 1. The molecule has 0 aliphatic rings. The molecule has 0 saturated heterocycles. The number of hydrogen-bond donors (Lipinski definition) is 2. The quantitative estimate of drug-likeness (QED) is 0.547. The van der Waals surface area contributed by atoms with Crippen LogP contribution < -0.4 is 15.2 Å². The lowest BCUT2D eigenvalue weighted by molar-refractivity contribution is -0.303. The van der Waals surface area contributed by atoms with Crippen LogP contribution in [0.15, 0.2) is 24.3 Å². The molecule has 2 rings (SSSR count). The minimum Gasteiger partial charge on any atom is -0.548 e. The van der Waals surface area contributed by atoms with Crippen molar-refractivity contribution in [2.75, 3.05) is 13.2 Å². The van der Waals surface area contributed by atoms with E-state index in [2.05, 4.69) is 31.3 Å². The maximum absolute atomic E-state index is 12.5. The molecule has 0 bridgehead atoms. The zero-order valence-electron chi connectivity index (χ0n) is 20.7. The Kier molecular flexibility index (Phi) is 8.71. The Labute approximate surface area is 201 Å². The first-order chi connectivity index (χ1) is 15.4. The number of carbonyl (C=O) groups is 2. The van der Waals surface area contributed by atoms with E-state index in [9.17, 15) is 19.8 Å². The Morgan fingerprint density at radius 2 is 1.76 bits per heavy atom. The zero-order chi connectivity index (χ0) is 25.0. The highest BCUT2D eigenvalue weighted by Gasteiger charge is 2.34.